The summed E-state index contributed by atoms with van der Waals surface area (Å²) in [6.45, 7) is 0. The SMILES string of the molecule is FC(F)(F)c1ccc(S)c(-c2ccccc2)n1. The van der Waals surface area contributed by atoms with Crippen molar-refractivity contribution in [3.8, 4) is 11.3 Å². The van der Waals surface area contributed by atoms with E-state index in [4.69, 9.17) is 0 Å². The first-order valence-electron chi connectivity index (χ1n) is 4.81. The van der Waals surface area contributed by atoms with Crippen LogP contribution in [0.2, 0.25) is 0 Å². The highest BCUT2D eigenvalue weighted by atomic mass is 32.1. The van der Waals surface area contributed by atoms with Gasteiger partial charge < -0.3 is 0 Å². The summed E-state index contributed by atoms with van der Waals surface area (Å²) in [6, 6.07) is 10.9. The Morgan fingerprint density at radius 3 is 2.18 bits per heavy atom. The molecule has 0 spiro atoms. The fourth-order valence-electron chi connectivity index (χ4n) is 1.42. The van der Waals surface area contributed by atoms with Crippen LogP contribution in [-0.2, 0) is 6.18 Å². The lowest BCUT2D eigenvalue weighted by molar-refractivity contribution is -0.141. The minimum absolute atomic E-state index is 0.240. The molecule has 0 N–H and O–H groups in total. The number of thiol groups is 1. The molecule has 0 saturated carbocycles. The highest BCUT2D eigenvalue weighted by molar-refractivity contribution is 7.80. The van der Waals surface area contributed by atoms with Crippen LogP contribution in [0, 0.1) is 0 Å². The Bertz CT molecular complexity index is 523. The van der Waals surface area contributed by atoms with Crippen LogP contribution in [0.25, 0.3) is 11.3 Å². The quantitative estimate of drug-likeness (QED) is 0.758. The van der Waals surface area contributed by atoms with E-state index >= 15 is 0 Å². The van der Waals surface area contributed by atoms with E-state index in [1.54, 1.807) is 30.3 Å². The van der Waals surface area contributed by atoms with Gasteiger partial charge in [-0.2, -0.15) is 13.2 Å². The Hall–Kier alpha value is -1.49. The third kappa shape index (κ3) is 2.61. The van der Waals surface area contributed by atoms with Gasteiger partial charge in [0.2, 0.25) is 0 Å². The molecule has 2 rings (SSSR count). The van der Waals surface area contributed by atoms with Gasteiger partial charge in [0.05, 0.1) is 5.69 Å². The summed E-state index contributed by atoms with van der Waals surface area (Å²) >= 11 is 4.12. The average molecular weight is 255 g/mol. The van der Waals surface area contributed by atoms with Crippen LogP contribution in [0.3, 0.4) is 0 Å². The number of benzene rings is 1. The number of rotatable bonds is 1. The summed E-state index contributed by atoms with van der Waals surface area (Å²) in [5.74, 6) is 0. The second kappa shape index (κ2) is 4.41. The summed E-state index contributed by atoms with van der Waals surface area (Å²) in [5, 5.41) is 0. The number of hydrogen-bond acceptors (Lipinski definition) is 2. The lowest BCUT2D eigenvalue weighted by Gasteiger charge is -2.09. The van der Waals surface area contributed by atoms with Crippen molar-refractivity contribution in [3.05, 3.63) is 48.2 Å². The zero-order valence-electron chi connectivity index (χ0n) is 8.57. The summed E-state index contributed by atoms with van der Waals surface area (Å²) in [4.78, 5) is 4.03. The fraction of sp³-hybridized carbons (Fsp3) is 0.0833. The number of halogens is 3. The van der Waals surface area contributed by atoms with E-state index in [1.165, 1.54) is 6.07 Å². The Morgan fingerprint density at radius 2 is 1.59 bits per heavy atom. The number of alkyl halides is 3. The van der Waals surface area contributed by atoms with Gasteiger partial charge in [-0.25, -0.2) is 4.98 Å². The van der Waals surface area contributed by atoms with Crippen molar-refractivity contribution in [3.63, 3.8) is 0 Å². The first-order valence-corrected chi connectivity index (χ1v) is 5.26. The van der Waals surface area contributed by atoms with Gasteiger partial charge in [-0.05, 0) is 12.1 Å². The Balaban J connectivity index is 2.55. The Kier molecular flexibility index (Phi) is 3.11. The maximum Gasteiger partial charge on any atom is 0.433 e. The first kappa shape index (κ1) is 12.0. The van der Waals surface area contributed by atoms with E-state index in [2.05, 4.69) is 17.6 Å². The van der Waals surface area contributed by atoms with Crippen molar-refractivity contribution in [1.29, 1.82) is 0 Å². The van der Waals surface area contributed by atoms with Crippen molar-refractivity contribution < 1.29 is 13.2 Å². The number of hydrogen-bond donors (Lipinski definition) is 1. The molecule has 0 unspecified atom stereocenters. The van der Waals surface area contributed by atoms with Crippen molar-refractivity contribution in [1.82, 2.24) is 4.98 Å². The molecule has 5 heteroatoms. The molecule has 1 nitrogen and oxygen atoms in total. The Labute approximate surface area is 102 Å². The molecule has 0 aliphatic rings. The summed E-state index contributed by atoms with van der Waals surface area (Å²) in [5.41, 5.74) is -0.0542. The van der Waals surface area contributed by atoms with Gasteiger partial charge in [-0.1, -0.05) is 30.3 Å². The maximum atomic E-state index is 12.5. The highest BCUT2D eigenvalue weighted by Gasteiger charge is 2.32. The number of nitrogens with zero attached hydrogens (tertiary/aromatic N) is 1. The standard InChI is InChI=1S/C12H8F3NS/c13-12(14,15)10-7-6-9(17)11(16-10)8-4-2-1-3-5-8/h1-7,17H. The minimum Gasteiger partial charge on any atom is -0.242 e. The number of pyridine rings is 1. The first-order chi connectivity index (χ1) is 7.98. The third-order valence-electron chi connectivity index (χ3n) is 2.21. The summed E-state index contributed by atoms with van der Waals surface area (Å²) in [7, 11) is 0. The molecule has 0 saturated heterocycles. The lowest BCUT2D eigenvalue weighted by atomic mass is 10.1. The zero-order valence-corrected chi connectivity index (χ0v) is 9.46. The average Bonchev–Trinajstić information content (AvgIpc) is 2.29. The smallest absolute Gasteiger partial charge is 0.242 e. The van der Waals surface area contributed by atoms with E-state index in [0.717, 1.165) is 6.07 Å². The number of aromatic nitrogens is 1. The monoisotopic (exact) mass is 255 g/mol. The molecule has 0 radical (unpaired) electrons. The molecule has 1 heterocycles. The van der Waals surface area contributed by atoms with E-state index in [1.807, 2.05) is 0 Å². The molecule has 0 fully saturated rings. The van der Waals surface area contributed by atoms with E-state index < -0.39 is 11.9 Å². The van der Waals surface area contributed by atoms with Gasteiger partial charge in [0.1, 0.15) is 5.69 Å². The molecule has 0 atom stereocenters. The fourth-order valence-corrected chi connectivity index (χ4v) is 1.67. The van der Waals surface area contributed by atoms with Gasteiger partial charge in [-0.3, -0.25) is 0 Å². The molecule has 0 aliphatic heterocycles. The zero-order chi connectivity index (χ0) is 12.5. The third-order valence-corrected chi connectivity index (χ3v) is 2.57. The van der Waals surface area contributed by atoms with Gasteiger partial charge >= 0.3 is 6.18 Å². The van der Waals surface area contributed by atoms with Crippen LogP contribution in [0.5, 0.6) is 0 Å². The molecule has 1 aromatic heterocycles. The van der Waals surface area contributed by atoms with Crippen LogP contribution in [0.1, 0.15) is 5.69 Å². The van der Waals surface area contributed by atoms with Crippen LogP contribution < -0.4 is 0 Å². The summed E-state index contributed by atoms with van der Waals surface area (Å²) in [6.07, 6.45) is -4.44. The van der Waals surface area contributed by atoms with Gasteiger partial charge in [0.15, 0.2) is 0 Å². The predicted octanol–water partition coefficient (Wildman–Crippen LogP) is 4.06. The summed E-state index contributed by atoms with van der Waals surface area (Å²) < 4.78 is 37.6. The van der Waals surface area contributed by atoms with Crippen molar-refractivity contribution >= 4 is 12.6 Å². The van der Waals surface area contributed by atoms with Crippen LogP contribution in [-0.4, -0.2) is 4.98 Å². The van der Waals surface area contributed by atoms with Crippen LogP contribution in [0.4, 0.5) is 13.2 Å². The van der Waals surface area contributed by atoms with Crippen LogP contribution in [0.15, 0.2) is 47.4 Å². The second-order valence-electron chi connectivity index (χ2n) is 3.43. The van der Waals surface area contributed by atoms with E-state index in [9.17, 15) is 13.2 Å². The largest absolute Gasteiger partial charge is 0.433 e. The topological polar surface area (TPSA) is 12.9 Å². The van der Waals surface area contributed by atoms with Gasteiger partial charge in [0.25, 0.3) is 0 Å². The van der Waals surface area contributed by atoms with E-state index in [0.29, 0.717) is 10.5 Å². The molecule has 2 aromatic rings. The molecule has 17 heavy (non-hydrogen) atoms. The predicted molar refractivity (Wildman–Crippen MR) is 61.9 cm³/mol. The molecule has 0 aliphatic carbocycles. The molecular formula is C12H8F3NS. The van der Waals surface area contributed by atoms with Crippen LogP contribution >= 0.6 is 12.6 Å². The Morgan fingerprint density at radius 1 is 0.941 bits per heavy atom. The lowest BCUT2D eigenvalue weighted by Crippen LogP contribution is -2.08. The van der Waals surface area contributed by atoms with Gasteiger partial charge in [-0.15, -0.1) is 12.6 Å². The molecule has 0 amide bonds. The molecular weight excluding hydrogens is 247 g/mol. The maximum absolute atomic E-state index is 12.5. The normalized spacial score (nSPS) is 11.5. The molecule has 88 valence electrons. The van der Waals surface area contributed by atoms with Crippen molar-refractivity contribution in [2.45, 2.75) is 11.1 Å². The van der Waals surface area contributed by atoms with Crippen molar-refractivity contribution in [2.75, 3.05) is 0 Å². The minimum atomic E-state index is -4.44. The molecule has 1 aromatic carbocycles. The molecule has 0 bridgehead atoms. The van der Waals surface area contributed by atoms with Crippen molar-refractivity contribution in [2.24, 2.45) is 0 Å². The highest BCUT2D eigenvalue weighted by Crippen LogP contribution is 2.32. The van der Waals surface area contributed by atoms with Gasteiger partial charge in [0, 0.05) is 10.5 Å². The van der Waals surface area contributed by atoms with E-state index in [-0.39, 0.29) is 5.69 Å². The second-order valence-corrected chi connectivity index (χ2v) is 3.91.